The number of nitrogens with zero attached hydrogens (tertiary/aromatic N) is 5. The number of benzene rings is 1. The second-order valence-electron chi connectivity index (χ2n) is 4.48. The van der Waals surface area contributed by atoms with Gasteiger partial charge >= 0.3 is 0 Å². The molecule has 21 heavy (non-hydrogen) atoms. The van der Waals surface area contributed by atoms with Crippen molar-refractivity contribution in [3.8, 4) is 11.4 Å². The number of halogens is 1. The average molecular weight is 302 g/mol. The lowest BCUT2D eigenvalue weighted by atomic mass is 10.1. The van der Waals surface area contributed by atoms with Gasteiger partial charge in [-0.3, -0.25) is 4.98 Å². The SMILES string of the molecule is OC(Cn1nnc(-c2cccnc2)n1)c1cccc(Cl)c1. The Hall–Kier alpha value is -2.31. The molecule has 0 aliphatic carbocycles. The van der Waals surface area contributed by atoms with Crippen LogP contribution in [-0.4, -0.2) is 30.3 Å². The van der Waals surface area contributed by atoms with Crippen LogP contribution in [0.4, 0.5) is 0 Å². The molecule has 2 aromatic heterocycles. The van der Waals surface area contributed by atoms with Gasteiger partial charge in [-0.25, -0.2) is 0 Å². The van der Waals surface area contributed by atoms with Crippen molar-refractivity contribution in [2.45, 2.75) is 12.6 Å². The van der Waals surface area contributed by atoms with E-state index in [0.717, 1.165) is 5.56 Å². The number of hydrogen-bond acceptors (Lipinski definition) is 5. The Morgan fingerprint density at radius 3 is 2.90 bits per heavy atom. The highest BCUT2D eigenvalue weighted by Gasteiger charge is 2.12. The van der Waals surface area contributed by atoms with Gasteiger partial charge in [-0.2, -0.15) is 4.80 Å². The largest absolute Gasteiger partial charge is 0.386 e. The predicted molar refractivity (Wildman–Crippen MR) is 77.5 cm³/mol. The van der Waals surface area contributed by atoms with E-state index in [1.807, 2.05) is 6.07 Å². The maximum atomic E-state index is 10.2. The standard InChI is InChI=1S/C14H12ClN5O/c15-12-5-1-3-10(7-12)13(21)9-20-18-14(17-19-20)11-4-2-6-16-8-11/h1-8,13,21H,9H2. The molecule has 0 aliphatic heterocycles. The van der Waals surface area contributed by atoms with E-state index in [4.69, 9.17) is 11.6 Å². The van der Waals surface area contributed by atoms with Crippen molar-refractivity contribution >= 4 is 11.6 Å². The third kappa shape index (κ3) is 3.24. The van der Waals surface area contributed by atoms with Crippen LogP contribution in [0.5, 0.6) is 0 Å². The first-order chi connectivity index (χ1) is 10.2. The highest BCUT2D eigenvalue weighted by Crippen LogP contribution is 2.19. The van der Waals surface area contributed by atoms with Gasteiger partial charge in [-0.05, 0) is 35.0 Å². The van der Waals surface area contributed by atoms with Gasteiger partial charge in [-0.15, -0.1) is 10.2 Å². The number of aliphatic hydroxyl groups excluding tert-OH is 1. The zero-order valence-electron chi connectivity index (χ0n) is 11.0. The monoisotopic (exact) mass is 301 g/mol. The van der Waals surface area contributed by atoms with E-state index < -0.39 is 6.10 Å². The van der Waals surface area contributed by atoms with Crippen LogP contribution in [0.25, 0.3) is 11.4 Å². The number of aromatic nitrogens is 5. The summed E-state index contributed by atoms with van der Waals surface area (Å²) in [6.07, 6.45) is 2.59. The molecule has 1 N–H and O–H groups in total. The fourth-order valence-corrected chi connectivity index (χ4v) is 2.10. The molecule has 7 heteroatoms. The van der Waals surface area contributed by atoms with E-state index in [2.05, 4.69) is 20.4 Å². The Kier molecular flexibility index (Phi) is 3.89. The van der Waals surface area contributed by atoms with Crippen LogP contribution in [0.15, 0.2) is 48.8 Å². The van der Waals surface area contributed by atoms with E-state index in [9.17, 15) is 5.11 Å². The Bertz CT molecular complexity index is 731. The molecule has 1 aromatic carbocycles. The van der Waals surface area contributed by atoms with Crippen molar-refractivity contribution in [2.24, 2.45) is 0 Å². The summed E-state index contributed by atoms with van der Waals surface area (Å²) in [5, 5.41) is 22.9. The van der Waals surface area contributed by atoms with Crippen LogP contribution < -0.4 is 0 Å². The lowest BCUT2D eigenvalue weighted by molar-refractivity contribution is 0.144. The quantitative estimate of drug-likeness (QED) is 0.799. The van der Waals surface area contributed by atoms with Crippen LogP contribution in [-0.2, 0) is 6.54 Å². The molecule has 1 atom stereocenters. The first-order valence-electron chi connectivity index (χ1n) is 6.34. The summed E-state index contributed by atoms with van der Waals surface area (Å²) < 4.78 is 0. The van der Waals surface area contributed by atoms with E-state index in [1.54, 1.807) is 42.7 Å². The molecule has 0 bridgehead atoms. The van der Waals surface area contributed by atoms with Gasteiger partial charge in [0.15, 0.2) is 0 Å². The second-order valence-corrected chi connectivity index (χ2v) is 4.92. The molecule has 0 saturated heterocycles. The fourth-order valence-electron chi connectivity index (χ4n) is 1.91. The lowest BCUT2D eigenvalue weighted by Crippen LogP contribution is -2.11. The van der Waals surface area contributed by atoms with Gasteiger partial charge in [0.25, 0.3) is 0 Å². The molecule has 0 saturated carbocycles. The minimum absolute atomic E-state index is 0.202. The van der Waals surface area contributed by atoms with Crippen LogP contribution >= 0.6 is 11.6 Å². The molecule has 3 aromatic rings. The molecule has 0 amide bonds. The van der Waals surface area contributed by atoms with Crippen molar-refractivity contribution in [3.63, 3.8) is 0 Å². The summed E-state index contributed by atoms with van der Waals surface area (Å²) in [5.74, 6) is 0.474. The fraction of sp³-hybridized carbons (Fsp3) is 0.143. The van der Waals surface area contributed by atoms with Gasteiger partial charge < -0.3 is 5.11 Å². The smallest absolute Gasteiger partial charge is 0.206 e. The Morgan fingerprint density at radius 1 is 1.24 bits per heavy atom. The van der Waals surface area contributed by atoms with Crippen molar-refractivity contribution in [3.05, 3.63) is 59.4 Å². The molecule has 0 radical (unpaired) electrons. The van der Waals surface area contributed by atoms with Crippen molar-refractivity contribution in [1.82, 2.24) is 25.2 Å². The molecule has 1 unspecified atom stereocenters. The first-order valence-corrected chi connectivity index (χ1v) is 6.72. The van der Waals surface area contributed by atoms with Crippen molar-refractivity contribution in [2.75, 3.05) is 0 Å². The summed E-state index contributed by atoms with van der Waals surface area (Å²) in [4.78, 5) is 5.36. The van der Waals surface area contributed by atoms with Gasteiger partial charge in [0.2, 0.25) is 5.82 Å². The zero-order chi connectivity index (χ0) is 14.7. The Balaban J connectivity index is 1.75. The highest BCUT2D eigenvalue weighted by molar-refractivity contribution is 6.30. The highest BCUT2D eigenvalue weighted by atomic mass is 35.5. The van der Waals surface area contributed by atoms with E-state index in [-0.39, 0.29) is 6.54 Å². The molecule has 0 fully saturated rings. The molecular formula is C14H12ClN5O. The molecule has 6 nitrogen and oxygen atoms in total. The molecular weight excluding hydrogens is 290 g/mol. The lowest BCUT2D eigenvalue weighted by Gasteiger charge is -2.09. The minimum Gasteiger partial charge on any atom is -0.386 e. The van der Waals surface area contributed by atoms with Gasteiger partial charge in [0, 0.05) is 23.0 Å². The average Bonchev–Trinajstić information content (AvgIpc) is 2.97. The van der Waals surface area contributed by atoms with Gasteiger partial charge in [0.1, 0.15) is 6.10 Å². The molecule has 2 heterocycles. The maximum absolute atomic E-state index is 10.2. The van der Waals surface area contributed by atoms with Crippen molar-refractivity contribution in [1.29, 1.82) is 0 Å². The summed E-state index contributed by atoms with van der Waals surface area (Å²) in [6.45, 7) is 0.202. The van der Waals surface area contributed by atoms with Crippen LogP contribution in [0.2, 0.25) is 5.02 Å². The van der Waals surface area contributed by atoms with Gasteiger partial charge in [-0.1, -0.05) is 23.7 Å². The molecule has 3 rings (SSSR count). The molecule has 0 aliphatic rings. The first kappa shape index (κ1) is 13.7. The maximum Gasteiger partial charge on any atom is 0.206 e. The van der Waals surface area contributed by atoms with Crippen LogP contribution in [0.1, 0.15) is 11.7 Å². The van der Waals surface area contributed by atoms with E-state index in [1.165, 1.54) is 4.80 Å². The summed E-state index contributed by atoms with van der Waals surface area (Å²) in [7, 11) is 0. The topological polar surface area (TPSA) is 76.7 Å². The van der Waals surface area contributed by atoms with E-state index >= 15 is 0 Å². The Labute approximate surface area is 126 Å². The number of tetrazole rings is 1. The third-order valence-electron chi connectivity index (χ3n) is 2.94. The zero-order valence-corrected chi connectivity index (χ0v) is 11.7. The molecule has 106 valence electrons. The van der Waals surface area contributed by atoms with Crippen molar-refractivity contribution < 1.29 is 5.11 Å². The third-order valence-corrected chi connectivity index (χ3v) is 3.18. The Morgan fingerprint density at radius 2 is 2.14 bits per heavy atom. The summed E-state index contributed by atoms with van der Waals surface area (Å²) in [6, 6.07) is 10.7. The van der Waals surface area contributed by atoms with Gasteiger partial charge in [0.05, 0.1) is 6.54 Å². The number of aliphatic hydroxyl groups is 1. The molecule has 0 spiro atoms. The summed E-state index contributed by atoms with van der Waals surface area (Å²) in [5.41, 5.74) is 1.49. The summed E-state index contributed by atoms with van der Waals surface area (Å²) >= 11 is 5.91. The van der Waals surface area contributed by atoms with E-state index in [0.29, 0.717) is 16.4 Å². The number of pyridine rings is 1. The van der Waals surface area contributed by atoms with Crippen LogP contribution in [0, 0.1) is 0 Å². The van der Waals surface area contributed by atoms with Crippen LogP contribution in [0.3, 0.4) is 0 Å². The second kappa shape index (κ2) is 5.99. The number of rotatable bonds is 4. The minimum atomic E-state index is -0.750. The predicted octanol–water partition coefficient (Wildman–Crippen LogP) is 2.12. The normalized spacial score (nSPS) is 12.3. The number of hydrogen-bond donors (Lipinski definition) is 1.